The SMILES string of the molecule is CN=C(NCCCc1cccc(Br)c1)N(C)Cc1cnn(C)c1. The maximum Gasteiger partial charge on any atom is 0.193 e. The maximum absolute atomic E-state index is 4.35. The summed E-state index contributed by atoms with van der Waals surface area (Å²) >= 11 is 3.51. The zero-order valence-electron chi connectivity index (χ0n) is 14.0. The predicted molar refractivity (Wildman–Crippen MR) is 98.5 cm³/mol. The molecular weight excluding hydrogens is 354 g/mol. The largest absolute Gasteiger partial charge is 0.356 e. The molecule has 124 valence electrons. The van der Waals surface area contributed by atoms with Crippen LogP contribution in [0, 0.1) is 0 Å². The van der Waals surface area contributed by atoms with Gasteiger partial charge >= 0.3 is 0 Å². The maximum atomic E-state index is 4.35. The van der Waals surface area contributed by atoms with E-state index in [1.54, 1.807) is 0 Å². The van der Waals surface area contributed by atoms with Crippen molar-refractivity contribution < 1.29 is 0 Å². The zero-order valence-corrected chi connectivity index (χ0v) is 15.5. The number of halogens is 1. The van der Waals surface area contributed by atoms with Crippen molar-refractivity contribution in [3.05, 3.63) is 52.3 Å². The number of guanidine groups is 1. The quantitative estimate of drug-likeness (QED) is 0.478. The predicted octanol–water partition coefficient (Wildman–Crippen LogP) is 2.82. The van der Waals surface area contributed by atoms with Crippen molar-refractivity contribution in [2.45, 2.75) is 19.4 Å². The molecule has 1 aromatic heterocycles. The highest BCUT2D eigenvalue weighted by molar-refractivity contribution is 9.10. The van der Waals surface area contributed by atoms with Crippen LogP contribution in [0.3, 0.4) is 0 Å². The van der Waals surface area contributed by atoms with Crippen LogP contribution >= 0.6 is 15.9 Å². The highest BCUT2D eigenvalue weighted by Gasteiger charge is 2.07. The second kappa shape index (κ2) is 8.72. The first-order chi connectivity index (χ1) is 11.1. The van der Waals surface area contributed by atoms with Gasteiger partial charge in [-0.05, 0) is 30.5 Å². The van der Waals surface area contributed by atoms with E-state index in [2.05, 4.69) is 60.5 Å². The molecule has 0 fully saturated rings. The monoisotopic (exact) mass is 377 g/mol. The summed E-state index contributed by atoms with van der Waals surface area (Å²) in [7, 11) is 5.78. The number of rotatable bonds is 6. The van der Waals surface area contributed by atoms with Crippen LogP contribution in [0.1, 0.15) is 17.5 Å². The molecule has 0 atom stereocenters. The average molecular weight is 378 g/mol. The number of hydrogen-bond acceptors (Lipinski definition) is 2. The van der Waals surface area contributed by atoms with Gasteiger partial charge in [0.2, 0.25) is 0 Å². The molecule has 0 radical (unpaired) electrons. The van der Waals surface area contributed by atoms with Crippen LogP contribution < -0.4 is 5.32 Å². The Balaban J connectivity index is 1.76. The highest BCUT2D eigenvalue weighted by atomic mass is 79.9. The second-order valence-corrected chi connectivity index (χ2v) is 6.50. The minimum absolute atomic E-state index is 0.791. The number of nitrogens with zero attached hydrogens (tertiary/aromatic N) is 4. The zero-order chi connectivity index (χ0) is 16.7. The third-order valence-electron chi connectivity index (χ3n) is 3.57. The molecule has 2 aromatic rings. The molecule has 6 heteroatoms. The summed E-state index contributed by atoms with van der Waals surface area (Å²) in [4.78, 5) is 6.45. The fraction of sp³-hybridized carbons (Fsp3) is 0.412. The summed E-state index contributed by atoms with van der Waals surface area (Å²) < 4.78 is 2.95. The molecule has 0 saturated carbocycles. The number of aryl methyl sites for hydroxylation is 2. The fourth-order valence-corrected chi connectivity index (χ4v) is 2.92. The van der Waals surface area contributed by atoms with Crippen LogP contribution in [-0.2, 0) is 20.0 Å². The van der Waals surface area contributed by atoms with Gasteiger partial charge < -0.3 is 10.2 Å². The first-order valence-electron chi connectivity index (χ1n) is 7.72. The Hall–Kier alpha value is -1.82. The van der Waals surface area contributed by atoms with E-state index in [-0.39, 0.29) is 0 Å². The Labute approximate surface area is 146 Å². The molecule has 0 unspecified atom stereocenters. The van der Waals surface area contributed by atoms with Crippen LogP contribution in [0.4, 0.5) is 0 Å². The number of nitrogens with one attached hydrogen (secondary N) is 1. The van der Waals surface area contributed by atoms with E-state index >= 15 is 0 Å². The molecular formula is C17H24BrN5. The van der Waals surface area contributed by atoms with Crippen LogP contribution in [-0.4, -0.2) is 41.3 Å². The Kier molecular flexibility index (Phi) is 6.65. The van der Waals surface area contributed by atoms with Crippen molar-refractivity contribution in [3.8, 4) is 0 Å². The summed E-state index contributed by atoms with van der Waals surface area (Å²) in [5.74, 6) is 0.906. The van der Waals surface area contributed by atoms with Crippen LogP contribution in [0.25, 0.3) is 0 Å². The van der Waals surface area contributed by atoms with Crippen LogP contribution in [0.2, 0.25) is 0 Å². The lowest BCUT2D eigenvalue weighted by atomic mass is 10.1. The molecule has 2 rings (SSSR count). The van der Waals surface area contributed by atoms with Gasteiger partial charge in [-0.25, -0.2) is 0 Å². The molecule has 0 amide bonds. The Morgan fingerprint density at radius 3 is 2.87 bits per heavy atom. The van der Waals surface area contributed by atoms with Gasteiger partial charge in [0.1, 0.15) is 0 Å². The topological polar surface area (TPSA) is 45.5 Å². The first kappa shape index (κ1) is 17.5. The van der Waals surface area contributed by atoms with Crippen molar-refractivity contribution in [1.29, 1.82) is 0 Å². The second-order valence-electron chi connectivity index (χ2n) is 5.59. The summed E-state index contributed by atoms with van der Waals surface area (Å²) in [6.45, 7) is 1.69. The number of aromatic nitrogens is 2. The third kappa shape index (κ3) is 5.71. The molecule has 0 spiro atoms. The Morgan fingerprint density at radius 2 is 2.22 bits per heavy atom. The molecule has 0 aliphatic carbocycles. The van der Waals surface area contributed by atoms with Crippen molar-refractivity contribution in [3.63, 3.8) is 0 Å². The average Bonchev–Trinajstić information content (AvgIpc) is 2.92. The molecule has 5 nitrogen and oxygen atoms in total. The summed E-state index contributed by atoms with van der Waals surface area (Å²) in [6.07, 6.45) is 6.03. The normalized spacial score (nSPS) is 11.6. The Morgan fingerprint density at radius 1 is 1.39 bits per heavy atom. The van der Waals surface area contributed by atoms with E-state index in [0.29, 0.717) is 0 Å². The van der Waals surface area contributed by atoms with E-state index in [0.717, 1.165) is 36.4 Å². The van der Waals surface area contributed by atoms with Crippen LogP contribution in [0.5, 0.6) is 0 Å². The third-order valence-corrected chi connectivity index (χ3v) is 4.06. The van der Waals surface area contributed by atoms with Crippen LogP contribution in [0.15, 0.2) is 46.1 Å². The van der Waals surface area contributed by atoms with Crippen molar-refractivity contribution in [1.82, 2.24) is 20.0 Å². The number of benzene rings is 1. The number of hydrogen-bond donors (Lipinski definition) is 1. The lowest BCUT2D eigenvalue weighted by Gasteiger charge is -2.21. The van der Waals surface area contributed by atoms with E-state index in [1.807, 2.05) is 38.2 Å². The molecule has 1 N–H and O–H groups in total. The Bertz CT molecular complexity index is 650. The molecule has 1 heterocycles. The van der Waals surface area contributed by atoms with Gasteiger partial charge in [0.25, 0.3) is 0 Å². The van der Waals surface area contributed by atoms with E-state index in [4.69, 9.17) is 0 Å². The van der Waals surface area contributed by atoms with E-state index in [9.17, 15) is 0 Å². The summed E-state index contributed by atoms with van der Waals surface area (Å²) in [5.41, 5.74) is 2.52. The molecule has 0 saturated heterocycles. The van der Waals surface area contributed by atoms with E-state index in [1.165, 1.54) is 11.1 Å². The fourth-order valence-electron chi connectivity index (χ4n) is 2.47. The smallest absolute Gasteiger partial charge is 0.193 e. The standard InChI is InChI=1S/C17H24BrN5/c1-19-17(22(2)12-15-11-21-23(3)13-15)20-9-5-7-14-6-4-8-16(18)10-14/h4,6,8,10-11,13H,5,7,9,12H2,1-3H3,(H,19,20). The summed E-state index contributed by atoms with van der Waals surface area (Å²) in [5, 5.41) is 7.61. The molecule has 0 aliphatic heterocycles. The van der Waals surface area contributed by atoms with Gasteiger partial charge in [0.15, 0.2) is 5.96 Å². The minimum atomic E-state index is 0.791. The van der Waals surface area contributed by atoms with Gasteiger partial charge in [0.05, 0.1) is 6.20 Å². The van der Waals surface area contributed by atoms with E-state index < -0.39 is 0 Å². The number of aliphatic imine (C=N–C) groups is 1. The van der Waals surface area contributed by atoms with Gasteiger partial charge in [-0.3, -0.25) is 9.67 Å². The molecule has 1 aromatic carbocycles. The van der Waals surface area contributed by atoms with Crippen molar-refractivity contribution >= 4 is 21.9 Å². The minimum Gasteiger partial charge on any atom is -0.356 e. The van der Waals surface area contributed by atoms with Gasteiger partial charge in [-0.1, -0.05) is 28.1 Å². The lowest BCUT2D eigenvalue weighted by molar-refractivity contribution is 0.475. The van der Waals surface area contributed by atoms with Crippen molar-refractivity contribution in [2.75, 3.05) is 20.6 Å². The van der Waals surface area contributed by atoms with Gasteiger partial charge in [-0.15, -0.1) is 0 Å². The van der Waals surface area contributed by atoms with Gasteiger partial charge in [-0.2, -0.15) is 5.10 Å². The summed E-state index contributed by atoms with van der Waals surface area (Å²) in [6, 6.07) is 8.46. The van der Waals surface area contributed by atoms with Gasteiger partial charge in [0, 0.05) is 50.5 Å². The first-order valence-corrected chi connectivity index (χ1v) is 8.51. The molecule has 0 aliphatic rings. The lowest BCUT2D eigenvalue weighted by Crippen LogP contribution is -2.38. The highest BCUT2D eigenvalue weighted by Crippen LogP contribution is 2.12. The molecule has 23 heavy (non-hydrogen) atoms. The molecule has 0 bridgehead atoms. The van der Waals surface area contributed by atoms with Crippen molar-refractivity contribution in [2.24, 2.45) is 12.0 Å².